The molecule has 1 aliphatic carbocycles. The lowest BCUT2D eigenvalue weighted by Gasteiger charge is -2.36. The van der Waals surface area contributed by atoms with Crippen LogP contribution >= 0.6 is 0 Å². The molecule has 0 saturated heterocycles. The first-order chi connectivity index (χ1) is 9.17. The van der Waals surface area contributed by atoms with Crippen molar-refractivity contribution in [2.24, 2.45) is 5.73 Å². The minimum atomic E-state index is -0.497. The first-order valence-electron chi connectivity index (χ1n) is 6.95. The van der Waals surface area contributed by atoms with Gasteiger partial charge in [-0.25, -0.2) is 0 Å². The fourth-order valence-electron chi connectivity index (χ4n) is 2.59. The van der Waals surface area contributed by atoms with Crippen LogP contribution in [0.1, 0.15) is 32.6 Å². The molecule has 0 heterocycles. The number of hydrogen-bond acceptors (Lipinski definition) is 4. The summed E-state index contributed by atoms with van der Waals surface area (Å²) in [6.45, 7) is 2.58. The van der Waals surface area contributed by atoms with Gasteiger partial charge in [0.2, 0.25) is 0 Å². The van der Waals surface area contributed by atoms with Crippen molar-refractivity contribution in [3.8, 4) is 11.5 Å². The summed E-state index contributed by atoms with van der Waals surface area (Å²) in [6.07, 6.45) is 3.55. The van der Waals surface area contributed by atoms with E-state index in [-0.39, 0.29) is 12.7 Å². The molecule has 2 rings (SSSR count). The maximum atomic E-state index is 9.37. The van der Waals surface area contributed by atoms with Crippen LogP contribution in [-0.4, -0.2) is 30.0 Å². The number of rotatable bonds is 5. The van der Waals surface area contributed by atoms with Gasteiger partial charge >= 0.3 is 0 Å². The van der Waals surface area contributed by atoms with Crippen LogP contribution in [0.15, 0.2) is 24.3 Å². The summed E-state index contributed by atoms with van der Waals surface area (Å²) in [7, 11) is 0. The number of hydrogen-bond donors (Lipinski definition) is 2. The predicted octanol–water partition coefficient (Wildman–Crippen LogP) is 2.10. The van der Waals surface area contributed by atoms with Crippen LogP contribution in [0.3, 0.4) is 0 Å². The zero-order valence-electron chi connectivity index (χ0n) is 11.5. The second kappa shape index (κ2) is 6.26. The Balaban J connectivity index is 2.04. The molecule has 1 aromatic carbocycles. The van der Waals surface area contributed by atoms with Crippen LogP contribution in [0.5, 0.6) is 11.5 Å². The van der Waals surface area contributed by atoms with Gasteiger partial charge in [0, 0.05) is 12.0 Å². The van der Waals surface area contributed by atoms with Crippen LogP contribution in [-0.2, 0) is 0 Å². The Morgan fingerprint density at radius 2 is 2.11 bits per heavy atom. The van der Waals surface area contributed by atoms with Gasteiger partial charge in [0.05, 0.1) is 13.2 Å². The SMILES string of the molecule is CCOc1ccccc1OC1CCCC(N)(CO)C1. The average molecular weight is 265 g/mol. The lowest BCUT2D eigenvalue weighted by atomic mass is 9.81. The van der Waals surface area contributed by atoms with E-state index in [1.54, 1.807) is 0 Å². The van der Waals surface area contributed by atoms with Gasteiger partial charge in [-0.2, -0.15) is 0 Å². The molecular formula is C15H23NO3. The Hall–Kier alpha value is -1.26. The molecule has 0 bridgehead atoms. The van der Waals surface area contributed by atoms with Crippen molar-refractivity contribution in [1.82, 2.24) is 0 Å². The van der Waals surface area contributed by atoms with E-state index in [4.69, 9.17) is 15.2 Å². The Bertz CT molecular complexity index is 410. The Kier molecular flexibility index (Phi) is 4.66. The highest BCUT2D eigenvalue weighted by atomic mass is 16.5. The third-order valence-corrected chi connectivity index (χ3v) is 3.59. The molecule has 2 atom stereocenters. The number of nitrogens with two attached hydrogens (primary N) is 1. The van der Waals surface area contributed by atoms with E-state index in [2.05, 4.69) is 0 Å². The largest absolute Gasteiger partial charge is 0.490 e. The summed E-state index contributed by atoms with van der Waals surface area (Å²) in [4.78, 5) is 0. The average Bonchev–Trinajstić information content (AvgIpc) is 2.41. The van der Waals surface area contributed by atoms with Crippen LogP contribution in [0.4, 0.5) is 0 Å². The monoisotopic (exact) mass is 265 g/mol. The molecule has 4 nitrogen and oxygen atoms in total. The molecule has 1 saturated carbocycles. The van der Waals surface area contributed by atoms with Gasteiger partial charge in [-0.15, -0.1) is 0 Å². The van der Waals surface area contributed by atoms with Gasteiger partial charge in [0.15, 0.2) is 11.5 Å². The summed E-state index contributed by atoms with van der Waals surface area (Å²) in [5.41, 5.74) is 5.64. The smallest absolute Gasteiger partial charge is 0.161 e. The van der Waals surface area contributed by atoms with E-state index >= 15 is 0 Å². The van der Waals surface area contributed by atoms with Crippen molar-refractivity contribution in [2.45, 2.75) is 44.2 Å². The minimum Gasteiger partial charge on any atom is -0.490 e. The second-order valence-electron chi connectivity index (χ2n) is 5.24. The topological polar surface area (TPSA) is 64.7 Å². The fraction of sp³-hybridized carbons (Fsp3) is 0.600. The third-order valence-electron chi connectivity index (χ3n) is 3.59. The van der Waals surface area contributed by atoms with E-state index in [1.807, 2.05) is 31.2 Å². The molecule has 2 unspecified atom stereocenters. The molecular weight excluding hydrogens is 242 g/mol. The number of ether oxygens (including phenoxy) is 2. The highest BCUT2D eigenvalue weighted by Gasteiger charge is 2.33. The Morgan fingerprint density at radius 1 is 1.37 bits per heavy atom. The van der Waals surface area contributed by atoms with Crippen molar-refractivity contribution in [2.75, 3.05) is 13.2 Å². The van der Waals surface area contributed by atoms with E-state index in [1.165, 1.54) is 0 Å². The Morgan fingerprint density at radius 3 is 2.79 bits per heavy atom. The molecule has 3 N–H and O–H groups in total. The van der Waals surface area contributed by atoms with Crippen LogP contribution in [0, 0.1) is 0 Å². The summed E-state index contributed by atoms with van der Waals surface area (Å²) in [5.74, 6) is 1.53. The maximum Gasteiger partial charge on any atom is 0.161 e. The maximum absolute atomic E-state index is 9.37. The normalized spacial score (nSPS) is 27.0. The molecule has 19 heavy (non-hydrogen) atoms. The zero-order chi connectivity index (χ0) is 13.7. The van der Waals surface area contributed by atoms with Crippen LogP contribution < -0.4 is 15.2 Å². The van der Waals surface area contributed by atoms with E-state index in [0.29, 0.717) is 13.0 Å². The van der Waals surface area contributed by atoms with Crippen molar-refractivity contribution < 1.29 is 14.6 Å². The van der Waals surface area contributed by atoms with E-state index in [0.717, 1.165) is 30.8 Å². The number of aliphatic hydroxyl groups is 1. The highest BCUT2D eigenvalue weighted by Crippen LogP contribution is 2.33. The molecule has 106 valence electrons. The second-order valence-corrected chi connectivity index (χ2v) is 5.24. The summed E-state index contributed by atoms with van der Waals surface area (Å²) >= 11 is 0. The first kappa shape index (κ1) is 14.2. The molecule has 1 aromatic rings. The van der Waals surface area contributed by atoms with Gasteiger partial charge in [0.25, 0.3) is 0 Å². The van der Waals surface area contributed by atoms with Crippen molar-refractivity contribution in [3.05, 3.63) is 24.3 Å². The molecule has 1 fully saturated rings. The van der Waals surface area contributed by atoms with Gasteiger partial charge in [0.1, 0.15) is 6.10 Å². The van der Waals surface area contributed by atoms with Gasteiger partial charge in [-0.3, -0.25) is 0 Å². The van der Waals surface area contributed by atoms with Crippen LogP contribution in [0.2, 0.25) is 0 Å². The van der Waals surface area contributed by atoms with Crippen molar-refractivity contribution in [1.29, 1.82) is 0 Å². The number of aliphatic hydroxyl groups excluding tert-OH is 1. The molecule has 0 amide bonds. The molecule has 4 heteroatoms. The summed E-state index contributed by atoms with van der Waals surface area (Å²) < 4.78 is 11.6. The van der Waals surface area contributed by atoms with Gasteiger partial charge < -0.3 is 20.3 Å². The first-order valence-corrected chi connectivity index (χ1v) is 6.95. The third kappa shape index (κ3) is 3.61. The van der Waals surface area contributed by atoms with E-state index in [9.17, 15) is 5.11 Å². The lowest BCUT2D eigenvalue weighted by molar-refractivity contribution is 0.0707. The predicted molar refractivity (Wildman–Crippen MR) is 74.5 cm³/mol. The lowest BCUT2D eigenvalue weighted by Crippen LogP contribution is -2.50. The summed E-state index contributed by atoms with van der Waals surface area (Å²) in [5, 5.41) is 9.37. The zero-order valence-corrected chi connectivity index (χ0v) is 11.5. The molecule has 1 aliphatic rings. The Labute approximate surface area is 114 Å². The standard InChI is InChI=1S/C15H23NO3/c1-2-18-13-7-3-4-8-14(13)19-12-6-5-9-15(16,10-12)11-17/h3-4,7-8,12,17H,2,5-6,9-11,16H2,1H3. The van der Waals surface area contributed by atoms with Crippen molar-refractivity contribution in [3.63, 3.8) is 0 Å². The molecule has 0 spiro atoms. The molecule has 0 aliphatic heterocycles. The molecule has 0 radical (unpaired) electrons. The van der Waals surface area contributed by atoms with Crippen LogP contribution in [0.25, 0.3) is 0 Å². The quantitative estimate of drug-likeness (QED) is 0.855. The van der Waals surface area contributed by atoms with Gasteiger partial charge in [-0.05, 0) is 38.3 Å². The van der Waals surface area contributed by atoms with Gasteiger partial charge in [-0.1, -0.05) is 12.1 Å². The van der Waals surface area contributed by atoms with Crippen molar-refractivity contribution >= 4 is 0 Å². The molecule has 0 aromatic heterocycles. The highest BCUT2D eigenvalue weighted by molar-refractivity contribution is 5.39. The minimum absolute atomic E-state index is 0.0139. The number of para-hydroxylation sites is 2. The van der Waals surface area contributed by atoms with E-state index < -0.39 is 5.54 Å². The summed E-state index contributed by atoms with van der Waals surface area (Å²) in [6, 6.07) is 7.68. The fourth-order valence-corrected chi connectivity index (χ4v) is 2.59. The number of benzene rings is 1.